The highest BCUT2D eigenvalue weighted by Gasteiger charge is 2.11. The van der Waals surface area contributed by atoms with Crippen LogP contribution in [0.3, 0.4) is 0 Å². The summed E-state index contributed by atoms with van der Waals surface area (Å²) in [5, 5.41) is 8.96. The van der Waals surface area contributed by atoms with Gasteiger partial charge >= 0.3 is 5.97 Å². The summed E-state index contributed by atoms with van der Waals surface area (Å²) in [6.07, 6.45) is 0. The molecule has 0 spiro atoms. The fourth-order valence-electron chi connectivity index (χ4n) is 1.19. The molecule has 2 nitrogen and oxygen atoms in total. The monoisotopic (exact) mass is 194 g/mol. The summed E-state index contributed by atoms with van der Waals surface area (Å²) in [4.78, 5) is 11.8. The number of benzene rings is 1. The van der Waals surface area contributed by atoms with E-state index in [0.717, 1.165) is 16.1 Å². The first-order chi connectivity index (χ1) is 6.16. The molecule has 68 valence electrons. The molecule has 1 aromatic rings. The van der Waals surface area contributed by atoms with Gasteiger partial charge in [0.1, 0.15) is 7.85 Å². The first-order valence-corrected chi connectivity index (χ1v) is 5.11. The van der Waals surface area contributed by atoms with Crippen molar-refractivity contribution in [2.75, 3.05) is 5.75 Å². The number of carboxylic acid groups (broad SMARTS) is 1. The van der Waals surface area contributed by atoms with E-state index in [1.165, 1.54) is 0 Å². The van der Waals surface area contributed by atoms with Gasteiger partial charge < -0.3 is 5.11 Å². The predicted molar refractivity (Wildman–Crippen MR) is 58.0 cm³/mol. The third kappa shape index (κ3) is 2.28. The van der Waals surface area contributed by atoms with E-state index in [-0.39, 0.29) is 0 Å². The molecular weight excluding hydrogens is 183 g/mol. The minimum Gasteiger partial charge on any atom is -0.478 e. The maximum atomic E-state index is 10.9. The van der Waals surface area contributed by atoms with Gasteiger partial charge in [0, 0.05) is 4.90 Å². The summed E-state index contributed by atoms with van der Waals surface area (Å²) >= 11 is 1.56. The topological polar surface area (TPSA) is 37.3 Å². The Hall–Kier alpha value is -0.895. The molecule has 0 saturated heterocycles. The summed E-state index contributed by atoms with van der Waals surface area (Å²) < 4.78 is 0. The van der Waals surface area contributed by atoms with Crippen LogP contribution in [0.25, 0.3) is 0 Å². The Bertz CT molecular complexity index is 325. The molecule has 0 unspecified atom stereocenters. The Kier molecular flexibility index (Phi) is 3.43. The van der Waals surface area contributed by atoms with Gasteiger partial charge in [0.05, 0.1) is 5.56 Å². The number of hydrogen-bond donors (Lipinski definition) is 1. The van der Waals surface area contributed by atoms with Crippen molar-refractivity contribution in [2.45, 2.75) is 11.8 Å². The van der Waals surface area contributed by atoms with Crippen LogP contribution in [0.2, 0.25) is 0 Å². The fourth-order valence-corrected chi connectivity index (χ4v) is 2.07. The van der Waals surface area contributed by atoms with Crippen molar-refractivity contribution < 1.29 is 9.90 Å². The molecule has 0 bridgehead atoms. The average molecular weight is 194 g/mol. The maximum absolute atomic E-state index is 10.9. The minimum absolute atomic E-state index is 0.439. The second kappa shape index (κ2) is 4.37. The highest BCUT2D eigenvalue weighted by Crippen LogP contribution is 2.20. The molecule has 0 radical (unpaired) electrons. The van der Waals surface area contributed by atoms with Crippen molar-refractivity contribution in [2.24, 2.45) is 0 Å². The van der Waals surface area contributed by atoms with Crippen molar-refractivity contribution in [1.29, 1.82) is 0 Å². The molecule has 0 aliphatic carbocycles. The van der Waals surface area contributed by atoms with Crippen LogP contribution >= 0.6 is 11.8 Å². The van der Waals surface area contributed by atoms with E-state index in [0.29, 0.717) is 5.56 Å². The van der Waals surface area contributed by atoms with Crippen molar-refractivity contribution >= 4 is 31.0 Å². The molecule has 4 heteroatoms. The highest BCUT2D eigenvalue weighted by atomic mass is 32.2. The van der Waals surface area contributed by atoms with E-state index in [4.69, 9.17) is 5.11 Å². The van der Waals surface area contributed by atoms with Crippen molar-refractivity contribution in [3.8, 4) is 0 Å². The molecule has 13 heavy (non-hydrogen) atoms. The van der Waals surface area contributed by atoms with Crippen molar-refractivity contribution in [3.05, 3.63) is 23.8 Å². The smallest absolute Gasteiger partial charge is 0.336 e. The maximum Gasteiger partial charge on any atom is 0.336 e. The summed E-state index contributed by atoms with van der Waals surface area (Å²) in [5.41, 5.74) is 1.26. The standard InChI is InChI=1S/C9H11BO2S/c1-2-13-7-5-3-4-6(10)8(7)9(11)12/h3-5H,2,10H2,1H3,(H,11,12). The van der Waals surface area contributed by atoms with E-state index in [1.807, 2.05) is 33.0 Å². The van der Waals surface area contributed by atoms with E-state index >= 15 is 0 Å². The van der Waals surface area contributed by atoms with Crippen LogP contribution in [0.15, 0.2) is 23.1 Å². The van der Waals surface area contributed by atoms with Gasteiger partial charge in [-0.25, -0.2) is 4.79 Å². The highest BCUT2D eigenvalue weighted by molar-refractivity contribution is 7.99. The zero-order valence-corrected chi connectivity index (χ0v) is 8.52. The molecule has 0 amide bonds. The Labute approximate surface area is 82.8 Å². The molecule has 0 aromatic heterocycles. The third-order valence-electron chi connectivity index (χ3n) is 1.75. The van der Waals surface area contributed by atoms with Crippen LogP contribution in [0, 0.1) is 0 Å². The molecule has 0 atom stereocenters. The van der Waals surface area contributed by atoms with Crippen molar-refractivity contribution in [1.82, 2.24) is 0 Å². The number of thioether (sulfide) groups is 1. The fraction of sp³-hybridized carbons (Fsp3) is 0.222. The lowest BCUT2D eigenvalue weighted by atomic mass is 9.91. The lowest BCUT2D eigenvalue weighted by Crippen LogP contribution is -2.16. The van der Waals surface area contributed by atoms with Crippen LogP contribution in [0.5, 0.6) is 0 Å². The predicted octanol–water partition coefficient (Wildman–Crippen LogP) is 0.755. The Morgan fingerprint density at radius 3 is 2.85 bits per heavy atom. The first kappa shape index (κ1) is 10.2. The van der Waals surface area contributed by atoms with Crippen LogP contribution in [-0.2, 0) is 0 Å². The third-order valence-corrected chi connectivity index (χ3v) is 2.69. The molecule has 0 aliphatic rings. The summed E-state index contributed by atoms with van der Waals surface area (Å²) in [5.74, 6) is 0.0537. The molecule has 0 fully saturated rings. The van der Waals surface area contributed by atoms with E-state index in [9.17, 15) is 4.79 Å². The van der Waals surface area contributed by atoms with Crippen LogP contribution in [0.4, 0.5) is 0 Å². The Morgan fingerprint density at radius 1 is 1.62 bits per heavy atom. The molecular formula is C9H11BO2S. The molecule has 1 rings (SSSR count). The van der Waals surface area contributed by atoms with Gasteiger partial charge in [0.2, 0.25) is 0 Å². The number of rotatable bonds is 3. The van der Waals surface area contributed by atoms with E-state index in [2.05, 4.69) is 0 Å². The second-order valence-corrected chi connectivity index (χ2v) is 3.99. The minimum atomic E-state index is -0.839. The van der Waals surface area contributed by atoms with Crippen LogP contribution < -0.4 is 5.46 Å². The average Bonchev–Trinajstić information content (AvgIpc) is 2.04. The number of hydrogen-bond acceptors (Lipinski definition) is 2. The van der Waals surface area contributed by atoms with Gasteiger partial charge in [-0.1, -0.05) is 24.5 Å². The Morgan fingerprint density at radius 2 is 2.31 bits per heavy atom. The summed E-state index contributed by atoms with van der Waals surface area (Å²) in [7, 11) is 1.82. The molecule has 0 aliphatic heterocycles. The number of carboxylic acids is 1. The van der Waals surface area contributed by atoms with E-state index < -0.39 is 5.97 Å². The second-order valence-electron chi connectivity index (χ2n) is 2.69. The first-order valence-electron chi connectivity index (χ1n) is 4.12. The van der Waals surface area contributed by atoms with Gasteiger partial charge in [-0.3, -0.25) is 0 Å². The van der Waals surface area contributed by atoms with Crippen LogP contribution in [0.1, 0.15) is 17.3 Å². The lowest BCUT2D eigenvalue weighted by Gasteiger charge is -2.06. The largest absolute Gasteiger partial charge is 0.478 e. The van der Waals surface area contributed by atoms with Gasteiger partial charge in [0.15, 0.2) is 0 Å². The van der Waals surface area contributed by atoms with Gasteiger partial charge in [-0.2, -0.15) is 0 Å². The van der Waals surface area contributed by atoms with E-state index in [1.54, 1.807) is 11.8 Å². The molecule has 1 aromatic carbocycles. The molecule has 1 N–H and O–H groups in total. The Balaban J connectivity index is 3.17. The van der Waals surface area contributed by atoms with Gasteiger partial charge in [-0.15, -0.1) is 11.8 Å². The zero-order chi connectivity index (χ0) is 9.84. The van der Waals surface area contributed by atoms with Crippen molar-refractivity contribution in [3.63, 3.8) is 0 Å². The zero-order valence-electron chi connectivity index (χ0n) is 7.70. The lowest BCUT2D eigenvalue weighted by molar-refractivity contribution is 0.0694. The number of aromatic carboxylic acids is 1. The van der Waals surface area contributed by atoms with Gasteiger partial charge in [-0.05, 0) is 11.8 Å². The normalized spacial score (nSPS) is 9.92. The number of carbonyl (C=O) groups is 1. The van der Waals surface area contributed by atoms with Crippen LogP contribution in [-0.4, -0.2) is 24.7 Å². The summed E-state index contributed by atoms with van der Waals surface area (Å²) in [6.45, 7) is 2.01. The molecule has 0 saturated carbocycles. The van der Waals surface area contributed by atoms with Gasteiger partial charge in [0.25, 0.3) is 0 Å². The quantitative estimate of drug-likeness (QED) is 0.570. The molecule has 0 heterocycles. The SMILES string of the molecule is Bc1cccc(SCC)c1C(=O)O. The summed E-state index contributed by atoms with van der Waals surface area (Å²) in [6, 6.07) is 5.56.